The Kier molecular flexibility index (Phi) is 3.37. The van der Waals surface area contributed by atoms with Crippen LogP contribution in [0.2, 0.25) is 0 Å². The number of ether oxygens (including phenoxy) is 1. The van der Waals surface area contributed by atoms with Crippen LogP contribution in [0, 0.1) is 0 Å². The average molecular weight is 273 g/mol. The fourth-order valence-electron chi connectivity index (χ4n) is 2.42. The zero-order valence-electron chi connectivity index (χ0n) is 11.2. The molecule has 1 amide bonds. The van der Waals surface area contributed by atoms with Crippen molar-refractivity contribution in [2.45, 2.75) is 18.9 Å². The summed E-state index contributed by atoms with van der Waals surface area (Å²) in [6.45, 7) is 0.741. The molecule has 6 nitrogen and oxygen atoms in total. The normalized spacial score (nSPS) is 18.2. The molecule has 0 saturated carbocycles. The highest BCUT2D eigenvalue weighted by Gasteiger charge is 2.29. The van der Waals surface area contributed by atoms with Crippen LogP contribution in [-0.2, 0) is 4.79 Å². The first-order valence-electron chi connectivity index (χ1n) is 6.50. The second-order valence-electron chi connectivity index (χ2n) is 4.68. The van der Waals surface area contributed by atoms with E-state index in [2.05, 4.69) is 10.2 Å². The van der Waals surface area contributed by atoms with Crippen LogP contribution in [0.5, 0.6) is 5.75 Å². The van der Waals surface area contributed by atoms with Crippen LogP contribution in [0.1, 0.15) is 24.8 Å². The number of methoxy groups -OCH3 is 1. The molecule has 1 aromatic carbocycles. The number of benzene rings is 1. The highest BCUT2D eigenvalue weighted by Crippen LogP contribution is 2.31. The number of aromatic nitrogens is 2. The maximum absolute atomic E-state index is 11.0. The Labute approximate surface area is 116 Å². The first-order valence-corrected chi connectivity index (χ1v) is 6.50. The van der Waals surface area contributed by atoms with Gasteiger partial charge in [-0.25, -0.2) is 0 Å². The molecule has 6 heteroatoms. The van der Waals surface area contributed by atoms with Crippen molar-refractivity contribution in [3.8, 4) is 17.2 Å². The van der Waals surface area contributed by atoms with Gasteiger partial charge in [-0.3, -0.25) is 4.79 Å². The molecule has 1 fully saturated rings. The molecule has 1 saturated heterocycles. The summed E-state index contributed by atoms with van der Waals surface area (Å²) in [6, 6.07) is 7.34. The number of hydrogen-bond donors (Lipinski definition) is 0. The smallest absolute Gasteiger partial charge is 0.247 e. The minimum absolute atomic E-state index is 0.0978. The molecule has 3 rings (SSSR count). The van der Waals surface area contributed by atoms with Crippen LogP contribution in [0.4, 0.5) is 0 Å². The van der Waals surface area contributed by atoms with Crippen LogP contribution >= 0.6 is 0 Å². The number of nitrogens with zero attached hydrogens (tertiary/aromatic N) is 3. The van der Waals surface area contributed by atoms with Gasteiger partial charge in [-0.05, 0) is 31.0 Å². The SMILES string of the molecule is COc1cccc(-c2nnc(C3CCCN3C=O)o2)c1. The quantitative estimate of drug-likeness (QED) is 0.797. The van der Waals surface area contributed by atoms with Crippen LogP contribution in [0.15, 0.2) is 28.7 Å². The number of carbonyl (C=O) groups excluding carboxylic acids is 1. The summed E-state index contributed by atoms with van der Waals surface area (Å²) in [4.78, 5) is 12.7. The lowest BCUT2D eigenvalue weighted by atomic mass is 10.2. The van der Waals surface area contributed by atoms with Crippen LogP contribution < -0.4 is 4.74 Å². The van der Waals surface area contributed by atoms with Gasteiger partial charge >= 0.3 is 0 Å². The first-order chi connectivity index (χ1) is 9.81. The highest BCUT2D eigenvalue weighted by molar-refractivity contribution is 5.55. The predicted molar refractivity (Wildman–Crippen MR) is 71.0 cm³/mol. The molecule has 0 radical (unpaired) electrons. The minimum atomic E-state index is -0.0978. The third kappa shape index (κ3) is 2.24. The molecule has 1 aromatic heterocycles. The Morgan fingerprint density at radius 2 is 2.35 bits per heavy atom. The number of hydrogen-bond acceptors (Lipinski definition) is 5. The summed E-state index contributed by atoms with van der Waals surface area (Å²) >= 11 is 0. The Balaban J connectivity index is 1.87. The van der Waals surface area contributed by atoms with Gasteiger partial charge < -0.3 is 14.1 Å². The zero-order valence-corrected chi connectivity index (χ0v) is 11.2. The van der Waals surface area contributed by atoms with Gasteiger partial charge in [0.2, 0.25) is 18.2 Å². The standard InChI is InChI=1S/C14H15N3O3/c1-19-11-5-2-4-10(8-11)13-15-16-14(20-13)12-6-3-7-17(12)9-18/h2,4-5,8-9,12H,3,6-7H2,1H3. The fraction of sp³-hybridized carbons (Fsp3) is 0.357. The van der Waals surface area contributed by atoms with E-state index in [1.54, 1.807) is 12.0 Å². The van der Waals surface area contributed by atoms with E-state index >= 15 is 0 Å². The molecule has 0 N–H and O–H groups in total. The van der Waals surface area contributed by atoms with E-state index in [1.165, 1.54) is 0 Å². The number of rotatable bonds is 4. The van der Waals surface area contributed by atoms with E-state index in [-0.39, 0.29) is 6.04 Å². The summed E-state index contributed by atoms with van der Waals surface area (Å²) in [5.41, 5.74) is 0.804. The summed E-state index contributed by atoms with van der Waals surface area (Å²) in [5.74, 6) is 1.67. The number of carbonyl (C=O) groups is 1. The van der Waals surface area contributed by atoms with E-state index in [9.17, 15) is 4.79 Å². The van der Waals surface area contributed by atoms with Gasteiger partial charge in [-0.15, -0.1) is 10.2 Å². The van der Waals surface area contributed by atoms with Gasteiger partial charge in [0.05, 0.1) is 7.11 Å². The van der Waals surface area contributed by atoms with Crippen molar-refractivity contribution in [2.75, 3.05) is 13.7 Å². The van der Waals surface area contributed by atoms with Crippen molar-refractivity contribution in [1.29, 1.82) is 0 Å². The molecule has 0 spiro atoms. The summed E-state index contributed by atoms with van der Waals surface area (Å²) in [7, 11) is 1.61. The number of amides is 1. The minimum Gasteiger partial charge on any atom is -0.497 e. The molecule has 104 valence electrons. The van der Waals surface area contributed by atoms with Crippen molar-refractivity contribution in [3.05, 3.63) is 30.2 Å². The third-order valence-electron chi connectivity index (χ3n) is 3.47. The molecule has 1 aliphatic heterocycles. The van der Waals surface area contributed by atoms with Crippen LogP contribution in [-0.4, -0.2) is 35.2 Å². The average Bonchev–Trinajstić information content (AvgIpc) is 3.15. The van der Waals surface area contributed by atoms with Gasteiger partial charge in [-0.1, -0.05) is 6.07 Å². The Morgan fingerprint density at radius 3 is 3.15 bits per heavy atom. The molecule has 2 heterocycles. The van der Waals surface area contributed by atoms with E-state index in [1.807, 2.05) is 24.3 Å². The van der Waals surface area contributed by atoms with Crippen molar-refractivity contribution in [3.63, 3.8) is 0 Å². The molecule has 1 aliphatic rings. The van der Waals surface area contributed by atoms with Crippen molar-refractivity contribution in [2.24, 2.45) is 0 Å². The lowest BCUT2D eigenvalue weighted by Crippen LogP contribution is -2.21. The Morgan fingerprint density at radius 1 is 1.45 bits per heavy atom. The lowest BCUT2D eigenvalue weighted by Gasteiger charge is -2.15. The second kappa shape index (κ2) is 5.32. The van der Waals surface area contributed by atoms with E-state index < -0.39 is 0 Å². The maximum atomic E-state index is 11.0. The van der Waals surface area contributed by atoms with Crippen molar-refractivity contribution < 1.29 is 13.9 Å². The van der Waals surface area contributed by atoms with E-state index in [0.29, 0.717) is 11.8 Å². The summed E-state index contributed by atoms with van der Waals surface area (Å²) in [6.07, 6.45) is 2.66. The lowest BCUT2D eigenvalue weighted by molar-refractivity contribution is -0.119. The molecule has 0 bridgehead atoms. The molecule has 1 unspecified atom stereocenters. The van der Waals surface area contributed by atoms with E-state index in [0.717, 1.165) is 37.1 Å². The predicted octanol–water partition coefficient (Wildman–Crippen LogP) is 2.04. The van der Waals surface area contributed by atoms with Gasteiger partial charge in [0.1, 0.15) is 11.8 Å². The number of likely N-dealkylation sites (tertiary alicyclic amines) is 1. The van der Waals surface area contributed by atoms with Crippen LogP contribution in [0.25, 0.3) is 11.5 Å². The van der Waals surface area contributed by atoms with Gasteiger partial charge in [0.25, 0.3) is 0 Å². The van der Waals surface area contributed by atoms with E-state index in [4.69, 9.17) is 9.15 Å². The molecule has 20 heavy (non-hydrogen) atoms. The summed E-state index contributed by atoms with van der Waals surface area (Å²) < 4.78 is 10.9. The van der Waals surface area contributed by atoms with Crippen LogP contribution in [0.3, 0.4) is 0 Å². The van der Waals surface area contributed by atoms with Crippen molar-refractivity contribution >= 4 is 6.41 Å². The second-order valence-corrected chi connectivity index (χ2v) is 4.68. The maximum Gasteiger partial charge on any atom is 0.247 e. The third-order valence-corrected chi connectivity index (χ3v) is 3.47. The fourth-order valence-corrected chi connectivity index (χ4v) is 2.42. The van der Waals surface area contributed by atoms with Crippen molar-refractivity contribution in [1.82, 2.24) is 15.1 Å². The summed E-state index contributed by atoms with van der Waals surface area (Å²) in [5, 5.41) is 8.13. The Bertz CT molecular complexity index is 611. The van der Waals surface area contributed by atoms with Gasteiger partial charge in [0.15, 0.2) is 0 Å². The molecular formula is C14H15N3O3. The highest BCUT2D eigenvalue weighted by atomic mass is 16.5. The topological polar surface area (TPSA) is 68.5 Å². The zero-order chi connectivity index (χ0) is 13.9. The Hall–Kier alpha value is -2.37. The largest absolute Gasteiger partial charge is 0.497 e. The molecule has 2 aromatic rings. The molecular weight excluding hydrogens is 258 g/mol. The molecule has 0 aliphatic carbocycles. The van der Waals surface area contributed by atoms with Gasteiger partial charge in [0, 0.05) is 12.1 Å². The monoisotopic (exact) mass is 273 g/mol. The first kappa shape index (κ1) is 12.7. The molecule has 1 atom stereocenters. The van der Waals surface area contributed by atoms with Gasteiger partial charge in [-0.2, -0.15) is 0 Å².